The zero-order valence-electron chi connectivity index (χ0n) is 17.8. The van der Waals surface area contributed by atoms with Crippen LogP contribution in [0.2, 0.25) is 0 Å². The zero-order chi connectivity index (χ0) is 22.5. The second-order valence-electron chi connectivity index (χ2n) is 7.96. The molecule has 7 heteroatoms. The average molecular weight is 413 g/mol. The zero-order valence-corrected chi connectivity index (χ0v) is 17.8. The Morgan fingerprint density at radius 3 is 2.20 bits per heavy atom. The van der Waals surface area contributed by atoms with E-state index < -0.39 is 29.7 Å². The summed E-state index contributed by atoms with van der Waals surface area (Å²) in [7, 11) is 1.34. The molecule has 0 saturated carbocycles. The van der Waals surface area contributed by atoms with Gasteiger partial charge in [-0.1, -0.05) is 30.3 Å². The maximum absolute atomic E-state index is 11.9. The number of ether oxygens (including phenoxy) is 2. The molecular weight excluding hydrogens is 386 g/mol. The summed E-state index contributed by atoms with van der Waals surface area (Å²) >= 11 is 0. The molecule has 7 nitrogen and oxygen atoms in total. The highest BCUT2D eigenvalue weighted by Crippen LogP contribution is 2.25. The van der Waals surface area contributed by atoms with Gasteiger partial charge >= 0.3 is 18.0 Å². The topological polar surface area (TPSA) is 102 Å². The molecule has 0 spiro atoms. The number of carboxylic acid groups (broad SMARTS) is 1. The number of hydrogen-bond acceptors (Lipinski definition) is 5. The number of rotatable bonds is 6. The second kappa shape index (κ2) is 9.43. The van der Waals surface area contributed by atoms with Gasteiger partial charge in [0.05, 0.1) is 12.7 Å². The maximum Gasteiger partial charge on any atom is 0.408 e. The SMILES string of the molecule is COC(=O)c1ccc(-c2ccc(C[C@H](NC(=O)OC(C)(C)C)C(=O)O)cc2)c(C)c1. The fourth-order valence-corrected chi connectivity index (χ4v) is 2.94. The second-order valence-corrected chi connectivity index (χ2v) is 7.96. The highest BCUT2D eigenvalue weighted by Gasteiger charge is 2.24. The Bertz CT molecular complexity index is 928. The fraction of sp³-hybridized carbons (Fsp3) is 0.348. The van der Waals surface area contributed by atoms with Crippen molar-refractivity contribution < 1.29 is 29.0 Å². The molecule has 0 radical (unpaired) electrons. The maximum atomic E-state index is 11.9. The smallest absolute Gasteiger partial charge is 0.408 e. The summed E-state index contributed by atoms with van der Waals surface area (Å²) in [4.78, 5) is 35.1. The standard InChI is InChI=1S/C23H27NO6/c1-14-12-17(21(27)29-5)10-11-18(14)16-8-6-15(7-9-16)13-19(20(25)26)24-22(28)30-23(2,3)4/h6-12,19H,13H2,1-5H3,(H,24,28)(H,25,26)/t19-/m0/s1. The van der Waals surface area contributed by atoms with E-state index in [0.717, 1.165) is 22.3 Å². The van der Waals surface area contributed by atoms with Crippen LogP contribution in [0.4, 0.5) is 4.79 Å². The molecular formula is C23H27NO6. The van der Waals surface area contributed by atoms with Crippen molar-refractivity contribution in [3.05, 3.63) is 59.2 Å². The van der Waals surface area contributed by atoms with Crippen LogP contribution in [0.25, 0.3) is 11.1 Å². The number of nitrogens with one attached hydrogen (secondary N) is 1. The first-order valence-corrected chi connectivity index (χ1v) is 9.51. The highest BCUT2D eigenvalue weighted by molar-refractivity contribution is 5.90. The van der Waals surface area contributed by atoms with Gasteiger partial charge in [-0.2, -0.15) is 0 Å². The van der Waals surface area contributed by atoms with Gasteiger partial charge in [0.1, 0.15) is 11.6 Å². The first kappa shape index (κ1) is 22.9. The molecule has 0 aliphatic carbocycles. The van der Waals surface area contributed by atoms with Gasteiger partial charge in [0.2, 0.25) is 0 Å². The predicted molar refractivity (Wildman–Crippen MR) is 112 cm³/mol. The van der Waals surface area contributed by atoms with E-state index in [2.05, 4.69) is 5.32 Å². The van der Waals surface area contributed by atoms with E-state index in [1.807, 2.05) is 37.3 Å². The van der Waals surface area contributed by atoms with E-state index in [0.29, 0.717) is 5.56 Å². The molecule has 0 aliphatic rings. The fourth-order valence-electron chi connectivity index (χ4n) is 2.94. The molecule has 2 rings (SSSR count). The number of hydrogen-bond donors (Lipinski definition) is 2. The molecule has 160 valence electrons. The number of benzene rings is 2. The molecule has 1 atom stereocenters. The lowest BCUT2D eigenvalue weighted by Crippen LogP contribution is -2.44. The van der Waals surface area contributed by atoms with Gasteiger partial charge in [0.15, 0.2) is 0 Å². The Morgan fingerprint density at radius 1 is 1.07 bits per heavy atom. The summed E-state index contributed by atoms with van der Waals surface area (Å²) in [6.45, 7) is 7.03. The van der Waals surface area contributed by atoms with Crippen LogP contribution in [0.15, 0.2) is 42.5 Å². The Morgan fingerprint density at radius 2 is 1.70 bits per heavy atom. The number of esters is 1. The van der Waals surface area contributed by atoms with E-state index >= 15 is 0 Å². The number of alkyl carbamates (subject to hydrolysis) is 1. The lowest BCUT2D eigenvalue weighted by Gasteiger charge is -2.22. The van der Waals surface area contributed by atoms with Crippen LogP contribution in [-0.4, -0.2) is 41.9 Å². The number of amides is 1. The number of carbonyl (C=O) groups is 3. The molecule has 30 heavy (non-hydrogen) atoms. The normalized spacial score (nSPS) is 12.0. The highest BCUT2D eigenvalue weighted by atomic mass is 16.6. The monoisotopic (exact) mass is 413 g/mol. The molecule has 0 saturated heterocycles. The summed E-state index contributed by atoms with van der Waals surface area (Å²) < 4.78 is 9.87. The average Bonchev–Trinajstić information content (AvgIpc) is 2.66. The van der Waals surface area contributed by atoms with E-state index in [1.54, 1.807) is 32.9 Å². The van der Waals surface area contributed by atoms with Gasteiger partial charge in [-0.25, -0.2) is 14.4 Å². The molecule has 0 unspecified atom stereocenters. The lowest BCUT2D eigenvalue weighted by molar-refractivity contribution is -0.139. The number of carbonyl (C=O) groups excluding carboxylic acids is 2. The minimum absolute atomic E-state index is 0.120. The minimum atomic E-state index is -1.14. The van der Waals surface area contributed by atoms with Gasteiger partial charge in [0.25, 0.3) is 0 Å². The van der Waals surface area contributed by atoms with Gasteiger partial charge < -0.3 is 19.9 Å². The summed E-state index contributed by atoms with van der Waals surface area (Å²) in [6, 6.07) is 11.6. The summed E-state index contributed by atoms with van der Waals surface area (Å²) in [5, 5.41) is 11.8. The van der Waals surface area contributed by atoms with Gasteiger partial charge in [-0.3, -0.25) is 0 Å². The van der Waals surface area contributed by atoms with Crippen molar-refractivity contribution in [2.75, 3.05) is 7.11 Å². The van der Waals surface area contributed by atoms with Crippen molar-refractivity contribution >= 4 is 18.0 Å². The Kier molecular flexibility index (Phi) is 7.21. The number of carboxylic acids is 1. The summed E-state index contributed by atoms with van der Waals surface area (Å²) in [5.74, 6) is -1.53. The first-order valence-electron chi connectivity index (χ1n) is 9.51. The Balaban J connectivity index is 2.13. The summed E-state index contributed by atoms with van der Waals surface area (Å²) in [5.41, 5.74) is 3.32. The van der Waals surface area contributed by atoms with Crippen LogP contribution in [-0.2, 0) is 20.7 Å². The minimum Gasteiger partial charge on any atom is -0.480 e. The van der Waals surface area contributed by atoms with Crippen LogP contribution in [0, 0.1) is 6.92 Å². The molecule has 2 aromatic rings. The van der Waals surface area contributed by atoms with Gasteiger partial charge in [-0.05, 0) is 62.1 Å². The van der Waals surface area contributed by atoms with Crippen molar-refractivity contribution in [2.24, 2.45) is 0 Å². The Labute approximate surface area is 176 Å². The third kappa shape index (κ3) is 6.34. The number of aliphatic carboxylic acids is 1. The molecule has 0 aromatic heterocycles. The van der Waals surface area contributed by atoms with Crippen LogP contribution in [0.5, 0.6) is 0 Å². The quantitative estimate of drug-likeness (QED) is 0.695. The van der Waals surface area contributed by atoms with Crippen LogP contribution < -0.4 is 5.32 Å². The lowest BCUT2D eigenvalue weighted by atomic mass is 9.96. The molecule has 0 fully saturated rings. The molecule has 2 N–H and O–H groups in total. The van der Waals surface area contributed by atoms with Crippen molar-refractivity contribution in [2.45, 2.75) is 45.8 Å². The number of aryl methyl sites for hydroxylation is 1. The molecule has 1 amide bonds. The van der Waals surface area contributed by atoms with E-state index in [1.165, 1.54) is 7.11 Å². The third-order valence-corrected chi connectivity index (χ3v) is 4.34. The third-order valence-electron chi connectivity index (χ3n) is 4.34. The van der Waals surface area contributed by atoms with E-state index in [9.17, 15) is 19.5 Å². The van der Waals surface area contributed by atoms with Crippen LogP contribution >= 0.6 is 0 Å². The van der Waals surface area contributed by atoms with Gasteiger partial charge in [-0.15, -0.1) is 0 Å². The molecule has 0 aliphatic heterocycles. The van der Waals surface area contributed by atoms with Gasteiger partial charge in [0, 0.05) is 6.42 Å². The van der Waals surface area contributed by atoms with Crippen LogP contribution in [0.1, 0.15) is 42.3 Å². The van der Waals surface area contributed by atoms with Crippen molar-refractivity contribution in [1.82, 2.24) is 5.32 Å². The Hall–Kier alpha value is -3.35. The van der Waals surface area contributed by atoms with Crippen LogP contribution in [0.3, 0.4) is 0 Å². The van der Waals surface area contributed by atoms with Crippen molar-refractivity contribution in [3.8, 4) is 11.1 Å². The van der Waals surface area contributed by atoms with E-state index in [-0.39, 0.29) is 6.42 Å². The van der Waals surface area contributed by atoms with E-state index in [4.69, 9.17) is 9.47 Å². The predicted octanol–water partition coefficient (Wildman–Crippen LogP) is 3.97. The molecule has 0 bridgehead atoms. The van der Waals surface area contributed by atoms with Crippen molar-refractivity contribution in [1.29, 1.82) is 0 Å². The first-order chi connectivity index (χ1) is 14.0. The number of methoxy groups -OCH3 is 1. The largest absolute Gasteiger partial charge is 0.480 e. The summed E-state index contributed by atoms with van der Waals surface area (Å²) in [6.07, 6.45) is -0.650. The molecule has 0 heterocycles. The van der Waals surface area contributed by atoms with Crippen molar-refractivity contribution in [3.63, 3.8) is 0 Å². The molecule has 2 aromatic carbocycles.